The van der Waals surface area contributed by atoms with Crippen LogP contribution in [-0.4, -0.2) is 38.3 Å². The van der Waals surface area contributed by atoms with Crippen LogP contribution in [0.3, 0.4) is 0 Å². The standard InChI is InChI=1S/C22H26N4O2/c1-4-28-19-11-10-18(15-20(19)27-3)26-22(23-2)25-14-12-17-8-5-7-16-9-6-13-24-21(16)17/h5-11,13,15H,4,12,14H2,1-3H3,(H2,23,25,26). The number of hydrogen-bond donors (Lipinski definition) is 2. The summed E-state index contributed by atoms with van der Waals surface area (Å²) in [5.74, 6) is 2.10. The van der Waals surface area contributed by atoms with Gasteiger partial charge in [-0.2, -0.15) is 0 Å². The van der Waals surface area contributed by atoms with Crippen molar-refractivity contribution in [1.82, 2.24) is 10.3 Å². The highest BCUT2D eigenvalue weighted by molar-refractivity contribution is 5.94. The molecule has 0 saturated heterocycles. The van der Waals surface area contributed by atoms with Crippen molar-refractivity contribution in [3.05, 3.63) is 60.3 Å². The summed E-state index contributed by atoms with van der Waals surface area (Å²) in [5.41, 5.74) is 3.13. The maximum absolute atomic E-state index is 5.56. The molecule has 0 fully saturated rings. The maximum Gasteiger partial charge on any atom is 0.195 e. The number of nitrogens with zero attached hydrogens (tertiary/aromatic N) is 2. The number of aliphatic imine (C=N–C) groups is 1. The molecule has 3 aromatic rings. The van der Waals surface area contributed by atoms with E-state index in [4.69, 9.17) is 9.47 Å². The van der Waals surface area contributed by atoms with Crippen molar-refractivity contribution in [2.45, 2.75) is 13.3 Å². The number of para-hydroxylation sites is 1. The molecule has 0 unspecified atom stereocenters. The van der Waals surface area contributed by atoms with Gasteiger partial charge in [0.1, 0.15) is 0 Å². The van der Waals surface area contributed by atoms with E-state index in [9.17, 15) is 0 Å². The lowest BCUT2D eigenvalue weighted by Gasteiger charge is -2.15. The SMILES string of the molecule is CCOc1ccc(NC(=NC)NCCc2cccc3cccnc23)cc1OC. The summed E-state index contributed by atoms with van der Waals surface area (Å²) in [6, 6.07) is 16.0. The Balaban J connectivity index is 1.62. The highest BCUT2D eigenvalue weighted by Crippen LogP contribution is 2.30. The molecule has 0 aliphatic rings. The number of rotatable bonds is 7. The molecule has 0 amide bonds. The average Bonchev–Trinajstić information content (AvgIpc) is 2.74. The van der Waals surface area contributed by atoms with Gasteiger partial charge in [0.2, 0.25) is 0 Å². The van der Waals surface area contributed by atoms with E-state index in [0.29, 0.717) is 18.3 Å². The second-order valence-corrected chi connectivity index (χ2v) is 6.16. The first kappa shape index (κ1) is 19.5. The molecule has 0 bridgehead atoms. The minimum Gasteiger partial charge on any atom is -0.493 e. The van der Waals surface area contributed by atoms with Crippen molar-refractivity contribution < 1.29 is 9.47 Å². The van der Waals surface area contributed by atoms with Crippen LogP contribution in [0, 0.1) is 0 Å². The average molecular weight is 378 g/mol. The summed E-state index contributed by atoms with van der Waals surface area (Å²) in [6.07, 6.45) is 2.68. The third kappa shape index (κ3) is 4.71. The van der Waals surface area contributed by atoms with Crippen LogP contribution in [0.15, 0.2) is 59.7 Å². The van der Waals surface area contributed by atoms with Crippen LogP contribution in [0.1, 0.15) is 12.5 Å². The number of benzene rings is 2. The van der Waals surface area contributed by atoms with Gasteiger partial charge in [-0.15, -0.1) is 0 Å². The van der Waals surface area contributed by atoms with E-state index < -0.39 is 0 Å². The molecule has 0 aliphatic carbocycles. The molecular formula is C22H26N4O2. The maximum atomic E-state index is 5.56. The third-order valence-corrected chi connectivity index (χ3v) is 4.35. The molecule has 2 aromatic carbocycles. The summed E-state index contributed by atoms with van der Waals surface area (Å²) in [4.78, 5) is 8.81. The Labute approximate surface area is 165 Å². The summed E-state index contributed by atoms with van der Waals surface area (Å²) in [5, 5.41) is 7.79. The number of hydrogen-bond acceptors (Lipinski definition) is 4. The van der Waals surface area contributed by atoms with Crippen LogP contribution in [0.5, 0.6) is 11.5 Å². The minimum atomic E-state index is 0.593. The summed E-state index contributed by atoms with van der Waals surface area (Å²) < 4.78 is 11.0. The van der Waals surface area contributed by atoms with Crippen molar-refractivity contribution in [3.8, 4) is 11.5 Å². The Morgan fingerprint density at radius 2 is 1.96 bits per heavy atom. The Morgan fingerprint density at radius 3 is 2.75 bits per heavy atom. The Hall–Kier alpha value is -3.28. The zero-order valence-corrected chi connectivity index (χ0v) is 16.5. The smallest absolute Gasteiger partial charge is 0.195 e. The van der Waals surface area contributed by atoms with Gasteiger partial charge in [-0.3, -0.25) is 9.98 Å². The lowest BCUT2D eigenvalue weighted by molar-refractivity contribution is 0.311. The molecule has 0 spiro atoms. The fourth-order valence-electron chi connectivity index (χ4n) is 3.02. The van der Waals surface area contributed by atoms with E-state index in [-0.39, 0.29) is 0 Å². The van der Waals surface area contributed by atoms with Crippen LogP contribution < -0.4 is 20.1 Å². The predicted octanol–water partition coefficient (Wildman–Crippen LogP) is 3.87. The Morgan fingerprint density at radius 1 is 1.11 bits per heavy atom. The van der Waals surface area contributed by atoms with Crippen molar-refractivity contribution >= 4 is 22.5 Å². The molecule has 2 N–H and O–H groups in total. The largest absolute Gasteiger partial charge is 0.493 e. The quantitative estimate of drug-likeness (QED) is 0.482. The van der Waals surface area contributed by atoms with Crippen molar-refractivity contribution in [2.75, 3.05) is 32.6 Å². The van der Waals surface area contributed by atoms with E-state index >= 15 is 0 Å². The molecule has 1 aromatic heterocycles. The van der Waals surface area contributed by atoms with Gasteiger partial charge in [-0.25, -0.2) is 0 Å². The van der Waals surface area contributed by atoms with Gasteiger partial charge in [0, 0.05) is 36.9 Å². The van der Waals surface area contributed by atoms with Crippen molar-refractivity contribution in [2.24, 2.45) is 4.99 Å². The molecule has 146 valence electrons. The number of nitrogens with one attached hydrogen (secondary N) is 2. The van der Waals surface area contributed by atoms with Crippen LogP contribution >= 0.6 is 0 Å². The zero-order chi connectivity index (χ0) is 19.8. The fraction of sp³-hybridized carbons (Fsp3) is 0.273. The van der Waals surface area contributed by atoms with E-state index in [0.717, 1.165) is 35.3 Å². The number of fused-ring (bicyclic) bond motifs is 1. The molecule has 0 aliphatic heterocycles. The van der Waals surface area contributed by atoms with Gasteiger partial charge in [-0.05, 0) is 37.1 Å². The topological polar surface area (TPSA) is 67.8 Å². The number of guanidine groups is 1. The molecule has 0 radical (unpaired) electrons. The van der Waals surface area contributed by atoms with Gasteiger partial charge < -0.3 is 20.1 Å². The monoisotopic (exact) mass is 378 g/mol. The zero-order valence-electron chi connectivity index (χ0n) is 16.5. The fourth-order valence-corrected chi connectivity index (χ4v) is 3.02. The molecule has 0 atom stereocenters. The summed E-state index contributed by atoms with van der Waals surface area (Å²) in [7, 11) is 3.38. The van der Waals surface area contributed by atoms with Crippen molar-refractivity contribution in [3.63, 3.8) is 0 Å². The molecule has 6 nitrogen and oxygen atoms in total. The molecule has 1 heterocycles. The lowest BCUT2D eigenvalue weighted by atomic mass is 10.1. The van der Waals surface area contributed by atoms with Crippen LogP contribution in [0.4, 0.5) is 5.69 Å². The summed E-state index contributed by atoms with van der Waals surface area (Å²) in [6.45, 7) is 3.28. The number of pyridine rings is 1. The summed E-state index contributed by atoms with van der Waals surface area (Å²) >= 11 is 0. The van der Waals surface area contributed by atoms with Crippen LogP contribution in [0.25, 0.3) is 10.9 Å². The van der Waals surface area contributed by atoms with Crippen LogP contribution in [-0.2, 0) is 6.42 Å². The van der Waals surface area contributed by atoms with Gasteiger partial charge in [0.05, 0.1) is 19.2 Å². The predicted molar refractivity (Wildman–Crippen MR) is 115 cm³/mol. The molecule has 6 heteroatoms. The first-order valence-electron chi connectivity index (χ1n) is 9.36. The minimum absolute atomic E-state index is 0.593. The van der Waals surface area contributed by atoms with E-state index in [1.54, 1.807) is 14.2 Å². The van der Waals surface area contributed by atoms with Gasteiger partial charge in [0.25, 0.3) is 0 Å². The normalized spacial score (nSPS) is 11.3. The first-order chi connectivity index (χ1) is 13.7. The number of anilines is 1. The second-order valence-electron chi connectivity index (χ2n) is 6.16. The molecular weight excluding hydrogens is 352 g/mol. The number of aromatic nitrogens is 1. The van der Waals surface area contributed by atoms with Gasteiger partial charge in [0.15, 0.2) is 17.5 Å². The second kappa shape index (κ2) is 9.60. The number of ether oxygens (including phenoxy) is 2. The van der Waals surface area contributed by atoms with E-state index in [2.05, 4.69) is 44.9 Å². The first-order valence-corrected chi connectivity index (χ1v) is 9.36. The molecule has 0 saturated carbocycles. The number of methoxy groups -OCH3 is 1. The van der Waals surface area contributed by atoms with Gasteiger partial charge in [-0.1, -0.05) is 24.3 Å². The Kier molecular flexibility index (Phi) is 6.68. The van der Waals surface area contributed by atoms with E-state index in [1.807, 2.05) is 37.4 Å². The lowest BCUT2D eigenvalue weighted by Crippen LogP contribution is -2.32. The third-order valence-electron chi connectivity index (χ3n) is 4.35. The molecule has 28 heavy (non-hydrogen) atoms. The molecule has 3 rings (SSSR count). The highest BCUT2D eigenvalue weighted by atomic mass is 16.5. The Bertz CT molecular complexity index is 951. The van der Waals surface area contributed by atoms with Crippen molar-refractivity contribution in [1.29, 1.82) is 0 Å². The highest BCUT2D eigenvalue weighted by Gasteiger charge is 2.07. The van der Waals surface area contributed by atoms with Crippen LogP contribution in [0.2, 0.25) is 0 Å². The van der Waals surface area contributed by atoms with E-state index in [1.165, 1.54) is 5.56 Å². The van der Waals surface area contributed by atoms with Gasteiger partial charge >= 0.3 is 0 Å².